The van der Waals surface area contributed by atoms with E-state index in [2.05, 4.69) is 0 Å². The summed E-state index contributed by atoms with van der Waals surface area (Å²) in [5.41, 5.74) is 0.0418. The number of halogens is 1. The molecular formula is C13H18FNO2. The van der Waals surface area contributed by atoms with Crippen molar-refractivity contribution in [2.45, 2.75) is 26.3 Å². The molecule has 17 heavy (non-hydrogen) atoms. The van der Waals surface area contributed by atoms with Gasteiger partial charge in [-0.25, -0.2) is 4.39 Å². The van der Waals surface area contributed by atoms with Gasteiger partial charge in [0, 0.05) is 6.04 Å². The zero-order valence-electron chi connectivity index (χ0n) is 10.4. The molecule has 0 radical (unpaired) electrons. The third-order valence-electron chi connectivity index (χ3n) is 3.00. The fourth-order valence-corrected chi connectivity index (χ4v) is 1.51. The van der Waals surface area contributed by atoms with Crippen LogP contribution < -0.4 is 0 Å². The summed E-state index contributed by atoms with van der Waals surface area (Å²) in [5.74, 6) is -0.962. The molecule has 1 N–H and O–H groups in total. The van der Waals surface area contributed by atoms with Gasteiger partial charge in [-0.3, -0.25) is 9.69 Å². The maximum atomic E-state index is 13.0. The maximum Gasteiger partial charge on any atom is 0.180 e. The smallest absolute Gasteiger partial charge is 0.180 e. The second kappa shape index (κ2) is 5.77. The average Bonchev–Trinajstić information content (AvgIpc) is 2.30. The molecule has 0 heterocycles. The van der Waals surface area contributed by atoms with Gasteiger partial charge in [-0.1, -0.05) is 6.92 Å². The van der Waals surface area contributed by atoms with E-state index in [-0.39, 0.29) is 29.7 Å². The van der Waals surface area contributed by atoms with Crippen molar-refractivity contribution >= 4 is 5.78 Å². The molecule has 1 rings (SSSR count). The third kappa shape index (κ3) is 3.53. The molecule has 1 aromatic rings. The van der Waals surface area contributed by atoms with Crippen LogP contribution in [-0.4, -0.2) is 35.4 Å². The number of Topliss-reactive ketones (excluding diaryl/α,β-unsaturated/α-hetero) is 1. The van der Waals surface area contributed by atoms with Crippen LogP contribution in [0.5, 0.6) is 5.75 Å². The minimum absolute atomic E-state index is 0.0418. The van der Waals surface area contributed by atoms with Gasteiger partial charge in [0.2, 0.25) is 0 Å². The number of carbonyl (C=O) groups excluding carboxylic acids is 1. The lowest BCUT2D eigenvalue weighted by molar-refractivity contribution is 0.0920. The van der Waals surface area contributed by atoms with Gasteiger partial charge in [0.25, 0.3) is 0 Å². The van der Waals surface area contributed by atoms with Crippen LogP contribution in [0.4, 0.5) is 4.39 Å². The first kappa shape index (κ1) is 13.6. The molecule has 0 saturated heterocycles. The first-order valence-corrected chi connectivity index (χ1v) is 5.67. The Morgan fingerprint density at radius 3 is 2.76 bits per heavy atom. The highest BCUT2D eigenvalue weighted by molar-refractivity contribution is 5.99. The average molecular weight is 239 g/mol. The van der Waals surface area contributed by atoms with E-state index in [1.165, 1.54) is 6.07 Å². The van der Waals surface area contributed by atoms with Crippen LogP contribution in [-0.2, 0) is 0 Å². The van der Waals surface area contributed by atoms with E-state index in [1.54, 1.807) is 0 Å². The van der Waals surface area contributed by atoms with Crippen LogP contribution in [0.1, 0.15) is 30.6 Å². The Labute approximate surface area is 101 Å². The molecule has 3 nitrogen and oxygen atoms in total. The van der Waals surface area contributed by atoms with Crippen molar-refractivity contribution in [3.05, 3.63) is 29.6 Å². The number of ketones is 1. The van der Waals surface area contributed by atoms with Crippen LogP contribution in [0, 0.1) is 5.82 Å². The van der Waals surface area contributed by atoms with Crippen molar-refractivity contribution in [2.24, 2.45) is 0 Å². The molecule has 1 atom stereocenters. The molecule has 0 bridgehead atoms. The summed E-state index contributed by atoms with van der Waals surface area (Å²) in [5, 5.41) is 9.51. The van der Waals surface area contributed by atoms with E-state index in [9.17, 15) is 14.3 Å². The molecule has 94 valence electrons. The van der Waals surface area contributed by atoms with Gasteiger partial charge in [0.05, 0.1) is 12.1 Å². The van der Waals surface area contributed by atoms with Crippen molar-refractivity contribution in [1.82, 2.24) is 4.90 Å². The molecule has 1 aromatic carbocycles. The van der Waals surface area contributed by atoms with E-state index in [0.717, 1.165) is 18.6 Å². The summed E-state index contributed by atoms with van der Waals surface area (Å²) in [6, 6.07) is 3.67. The molecule has 0 amide bonds. The number of hydrogen-bond acceptors (Lipinski definition) is 3. The van der Waals surface area contributed by atoms with Crippen molar-refractivity contribution in [2.75, 3.05) is 13.6 Å². The minimum atomic E-state index is -0.516. The van der Waals surface area contributed by atoms with Crippen molar-refractivity contribution in [1.29, 1.82) is 0 Å². The molecule has 0 aliphatic heterocycles. The lowest BCUT2D eigenvalue weighted by Crippen LogP contribution is -2.33. The van der Waals surface area contributed by atoms with Crippen molar-refractivity contribution in [3.63, 3.8) is 0 Å². The van der Waals surface area contributed by atoms with E-state index in [4.69, 9.17) is 0 Å². The maximum absolute atomic E-state index is 13.0. The highest BCUT2D eigenvalue weighted by Crippen LogP contribution is 2.19. The molecule has 0 saturated carbocycles. The van der Waals surface area contributed by atoms with Gasteiger partial charge < -0.3 is 5.11 Å². The third-order valence-corrected chi connectivity index (χ3v) is 3.00. The monoisotopic (exact) mass is 239 g/mol. The van der Waals surface area contributed by atoms with Gasteiger partial charge in [-0.2, -0.15) is 0 Å². The number of rotatable bonds is 5. The predicted octanol–water partition coefficient (Wildman–Crippen LogP) is 2.44. The molecule has 0 aromatic heterocycles. The number of carbonyl (C=O) groups is 1. The first-order valence-electron chi connectivity index (χ1n) is 5.67. The summed E-state index contributed by atoms with van der Waals surface area (Å²) >= 11 is 0. The zero-order valence-corrected chi connectivity index (χ0v) is 10.4. The standard InChI is InChI=1S/C13H18FNO2/c1-4-9(2)15(3)8-13(17)11-7-10(14)5-6-12(11)16/h5-7,9,16H,4,8H2,1-3H3. The van der Waals surface area contributed by atoms with Gasteiger partial charge in [-0.15, -0.1) is 0 Å². The van der Waals surface area contributed by atoms with Crippen LogP contribution >= 0.6 is 0 Å². The highest BCUT2D eigenvalue weighted by atomic mass is 19.1. The Morgan fingerprint density at radius 1 is 1.53 bits per heavy atom. The summed E-state index contributed by atoms with van der Waals surface area (Å²) < 4.78 is 13.0. The fourth-order valence-electron chi connectivity index (χ4n) is 1.51. The van der Waals surface area contributed by atoms with Crippen LogP contribution in [0.25, 0.3) is 0 Å². The summed E-state index contributed by atoms with van der Waals surface area (Å²) in [6.45, 7) is 4.22. The fraction of sp³-hybridized carbons (Fsp3) is 0.462. The largest absolute Gasteiger partial charge is 0.507 e. The van der Waals surface area contributed by atoms with Crippen molar-refractivity contribution in [3.8, 4) is 5.75 Å². The number of phenolic OH excluding ortho intramolecular Hbond substituents is 1. The number of aromatic hydroxyl groups is 1. The van der Waals surface area contributed by atoms with E-state index < -0.39 is 5.82 Å². The number of likely N-dealkylation sites (N-methyl/N-ethyl adjacent to an activating group) is 1. The molecule has 0 fully saturated rings. The minimum Gasteiger partial charge on any atom is -0.507 e. The number of hydrogen-bond donors (Lipinski definition) is 1. The molecule has 0 aliphatic carbocycles. The Balaban J connectivity index is 2.79. The van der Waals surface area contributed by atoms with Gasteiger partial charge in [0.15, 0.2) is 5.78 Å². The lowest BCUT2D eigenvalue weighted by atomic mass is 10.1. The van der Waals surface area contributed by atoms with Crippen molar-refractivity contribution < 1.29 is 14.3 Å². The van der Waals surface area contributed by atoms with Gasteiger partial charge in [-0.05, 0) is 38.6 Å². The Hall–Kier alpha value is -1.42. The predicted molar refractivity (Wildman–Crippen MR) is 64.8 cm³/mol. The number of benzene rings is 1. The quantitative estimate of drug-likeness (QED) is 0.802. The first-order chi connectivity index (χ1) is 7.95. The topological polar surface area (TPSA) is 40.5 Å². The van der Waals surface area contributed by atoms with Crippen LogP contribution in [0.3, 0.4) is 0 Å². The zero-order chi connectivity index (χ0) is 13.0. The van der Waals surface area contributed by atoms with E-state index >= 15 is 0 Å². The Kier molecular flexibility index (Phi) is 4.63. The molecule has 0 aliphatic rings. The SMILES string of the molecule is CCC(C)N(C)CC(=O)c1cc(F)ccc1O. The number of nitrogens with zero attached hydrogens (tertiary/aromatic N) is 1. The molecule has 1 unspecified atom stereocenters. The highest BCUT2D eigenvalue weighted by Gasteiger charge is 2.16. The van der Waals surface area contributed by atoms with Crippen LogP contribution in [0.2, 0.25) is 0 Å². The second-order valence-electron chi connectivity index (χ2n) is 4.26. The Morgan fingerprint density at radius 2 is 2.18 bits per heavy atom. The van der Waals surface area contributed by atoms with Gasteiger partial charge >= 0.3 is 0 Å². The lowest BCUT2D eigenvalue weighted by Gasteiger charge is -2.22. The number of phenols is 1. The summed E-state index contributed by atoms with van der Waals surface area (Å²) in [6.07, 6.45) is 0.929. The molecule has 4 heteroatoms. The molecule has 0 spiro atoms. The van der Waals surface area contributed by atoms with Crippen LogP contribution in [0.15, 0.2) is 18.2 Å². The second-order valence-corrected chi connectivity index (χ2v) is 4.26. The van der Waals surface area contributed by atoms with E-state index in [0.29, 0.717) is 0 Å². The summed E-state index contributed by atoms with van der Waals surface area (Å²) in [4.78, 5) is 13.8. The molecular weight excluding hydrogens is 221 g/mol. The van der Waals surface area contributed by atoms with Gasteiger partial charge in [0.1, 0.15) is 11.6 Å². The normalized spacial score (nSPS) is 12.8. The summed E-state index contributed by atoms with van der Waals surface area (Å²) in [7, 11) is 1.84. The van der Waals surface area contributed by atoms with E-state index in [1.807, 2.05) is 25.8 Å². The Bertz CT molecular complexity index is 406.